The summed E-state index contributed by atoms with van der Waals surface area (Å²) in [5.74, 6) is 2.23. The maximum Gasteiger partial charge on any atom is 0.139 e. The zero-order valence-corrected chi connectivity index (χ0v) is 13.6. The number of thioether (sulfide) groups is 1. The number of hydrogen-bond donors (Lipinski definition) is 1. The van der Waals surface area contributed by atoms with Gasteiger partial charge in [-0.05, 0) is 24.5 Å². The van der Waals surface area contributed by atoms with Gasteiger partial charge in [-0.3, -0.25) is 0 Å². The lowest BCUT2D eigenvalue weighted by Gasteiger charge is -2.12. The minimum atomic E-state index is 0.448. The molecule has 0 saturated carbocycles. The van der Waals surface area contributed by atoms with Crippen molar-refractivity contribution < 1.29 is 0 Å². The van der Waals surface area contributed by atoms with E-state index in [1.165, 1.54) is 27.4 Å². The van der Waals surface area contributed by atoms with Crippen LogP contribution < -0.4 is 5.32 Å². The SMILES string of the molecule is Cc1ccccc1SCc1nc2c(c(C(C)C)n1)CNC2. The van der Waals surface area contributed by atoms with E-state index >= 15 is 0 Å². The van der Waals surface area contributed by atoms with Gasteiger partial charge in [0, 0.05) is 23.5 Å². The molecule has 0 saturated heterocycles. The molecule has 0 aliphatic carbocycles. The highest BCUT2D eigenvalue weighted by Gasteiger charge is 2.20. The van der Waals surface area contributed by atoms with Crippen molar-refractivity contribution in [2.45, 2.75) is 50.4 Å². The van der Waals surface area contributed by atoms with Crippen LogP contribution in [0, 0.1) is 6.92 Å². The third kappa shape index (κ3) is 3.11. The first-order chi connectivity index (χ1) is 10.1. The van der Waals surface area contributed by atoms with E-state index in [1.54, 1.807) is 0 Å². The Bertz CT molecular complexity index is 652. The number of benzene rings is 1. The first-order valence-electron chi connectivity index (χ1n) is 7.43. The predicted octanol–water partition coefficient (Wildman–Crippen LogP) is 3.80. The molecule has 1 aliphatic heterocycles. The molecule has 3 rings (SSSR count). The Morgan fingerprint density at radius 3 is 2.76 bits per heavy atom. The van der Waals surface area contributed by atoms with Crippen molar-refractivity contribution >= 4 is 11.8 Å². The molecule has 2 heterocycles. The van der Waals surface area contributed by atoms with Gasteiger partial charge < -0.3 is 5.32 Å². The van der Waals surface area contributed by atoms with Crippen molar-refractivity contribution in [2.75, 3.05) is 0 Å². The Morgan fingerprint density at radius 2 is 2.00 bits per heavy atom. The van der Waals surface area contributed by atoms with Gasteiger partial charge in [0.05, 0.1) is 17.1 Å². The fraction of sp³-hybridized carbons (Fsp3) is 0.412. The van der Waals surface area contributed by atoms with Gasteiger partial charge in [0.1, 0.15) is 5.82 Å². The Hall–Kier alpha value is -1.39. The van der Waals surface area contributed by atoms with Crippen LogP contribution in [0.15, 0.2) is 29.2 Å². The smallest absolute Gasteiger partial charge is 0.139 e. The summed E-state index contributed by atoms with van der Waals surface area (Å²) in [7, 11) is 0. The summed E-state index contributed by atoms with van der Waals surface area (Å²) >= 11 is 1.82. The summed E-state index contributed by atoms with van der Waals surface area (Å²) in [6.07, 6.45) is 0. The van der Waals surface area contributed by atoms with Crippen LogP contribution in [-0.4, -0.2) is 9.97 Å². The maximum absolute atomic E-state index is 4.82. The molecule has 1 N–H and O–H groups in total. The number of nitrogens with one attached hydrogen (secondary N) is 1. The molecule has 0 amide bonds. The Balaban J connectivity index is 1.83. The summed E-state index contributed by atoms with van der Waals surface area (Å²) < 4.78 is 0. The molecule has 21 heavy (non-hydrogen) atoms. The average molecular weight is 299 g/mol. The van der Waals surface area contributed by atoms with E-state index in [1.807, 2.05) is 11.8 Å². The third-order valence-electron chi connectivity index (χ3n) is 3.76. The number of hydrogen-bond acceptors (Lipinski definition) is 4. The molecular formula is C17H21N3S. The van der Waals surface area contributed by atoms with Crippen molar-refractivity contribution in [2.24, 2.45) is 0 Å². The monoisotopic (exact) mass is 299 g/mol. The lowest BCUT2D eigenvalue weighted by Crippen LogP contribution is -2.07. The van der Waals surface area contributed by atoms with Crippen LogP contribution in [0.1, 0.15) is 48.1 Å². The minimum Gasteiger partial charge on any atom is -0.307 e. The van der Waals surface area contributed by atoms with E-state index < -0.39 is 0 Å². The average Bonchev–Trinajstić information content (AvgIpc) is 2.93. The summed E-state index contributed by atoms with van der Waals surface area (Å²) in [6, 6.07) is 8.48. The van der Waals surface area contributed by atoms with Gasteiger partial charge in [-0.1, -0.05) is 32.0 Å². The number of aromatic nitrogens is 2. The van der Waals surface area contributed by atoms with Crippen molar-refractivity contribution in [3.8, 4) is 0 Å². The normalized spacial score (nSPS) is 13.7. The van der Waals surface area contributed by atoms with Crippen molar-refractivity contribution in [1.29, 1.82) is 0 Å². The number of fused-ring (bicyclic) bond motifs is 1. The highest BCUT2D eigenvalue weighted by Crippen LogP contribution is 2.28. The molecule has 0 spiro atoms. The van der Waals surface area contributed by atoms with E-state index in [2.05, 4.69) is 50.4 Å². The van der Waals surface area contributed by atoms with E-state index in [9.17, 15) is 0 Å². The van der Waals surface area contributed by atoms with Crippen LogP contribution in [0.5, 0.6) is 0 Å². The van der Waals surface area contributed by atoms with Crippen molar-refractivity contribution in [3.63, 3.8) is 0 Å². The molecule has 0 radical (unpaired) electrons. The topological polar surface area (TPSA) is 37.8 Å². The van der Waals surface area contributed by atoms with E-state index in [0.717, 1.165) is 24.7 Å². The number of aryl methyl sites for hydroxylation is 1. The lowest BCUT2D eigenvalue weighted by atomic mass is 10.0. The van der Waals surface area contributed by atoms with Crippen LogP contribution in [0.4, 0.5) is 0 Å². The first-order valence-corrected chi connectivity index (χ1v) is 8.41. The molecule has 1 aromatic heterocycles. The Morgan fingerprint density at radius 1 is 1.19 bits per heavy atom. The first kappa shape index (κ1) is 14.5. The molecule has 1 aliphatic rings. The summed E-state index contributed by atoms with van der Waals surface area (Å²) in [5, 5.41) is 3.38. The summed E-state index contributed by atoms with van der Waals surface area (Å²) in [6.45, 7) is 8.35. The van der Waals surface area contributed by atoms with Gasteiger partial charge in [0.25, 0.3) is 0 Å². The largest absolute Gasteiger partial charge is 0.307 e. The lowest BCUT2D eigenvalue weighted by molar-refractivity contribution is 0.746. The quantitative estimate of drug-likeness (QED) is 0.871. The molecule has 4 heteroatoms. The number of rotatable bonds is 4. The summed E-state index contributed by atoms with van der Waals surface area (Å²) in [5.41, 5.74) is 5.03. The van der Waals surface area contributed by atoms with E-state index in [0.29, 0.717) is 5.92 Å². The number of nitrogens with zero attached hydrogens (tertiary/aromatic N) is 2. The van der Waals surface area contributed by atoms with Crippen LogP contribution in [0.2, 0.25) is 0 Å². The highest BCUT2D eigenvalue weighted by atomic mass is 32.2. The van der Waals surface area contributed by atoms with E-state index in [4.69, 9.17) is 9.97 Å². The van der Waals surface area contributed by atoms with Gasteiger partial charge >= 0.3 is 0 Å². The molecule has 2 aromatic rings. The molecule has 3 nitrogen and oxygen atoms in total. The second kappa shape index (κ2) is 6.16. The van der Waals surface area contributed by atoms with Crippen molar-refractivity contribution in [1.82, 2.24) is 15.3 Å². The molecule has 0 atom stereocenters. The molecule has 0 fully saturated rings. The standard InChI is InChI=1S/C17H21N3S/c1-11(2)17-13-8-18-9-14(13)19-16(20-17)10-21-15-7-5-4-6-12(15)3/h4-7,11,18H,8-10H2,1-3H3. The fourth-order valence-corrected chi connectivity index (χ4v) is 3.53. The zero-order valence-electron chi connectivity index (χ0n) is 12.8. The van der Waals surface area contributed by atoms with Crippen LogP contribution in [-0.2, 0) is 18.8 Å². The maximum atomic E-state index is 4.82. The second-order valence-corrected chi connectivity index (χ2v) is 6.78. The third-order valence-corrected chi connectivity index (χ3v) is 4.93. The predicted molar refractivity (Wildman–Crippen MR) is 87.4 cm³/mol. The zero-order chi connectivity index (χ0) is 14.8. The van der Waals surface area contributed by atoms with Gasteiger partial charge in [-0.25, -0.2) is 9.97 Å². The minimum absolute atomic E-state index is 0.448. The highest BCUT2D eigenvalue weighted by molar-refractivity contribution is 7.98. The van der Waals surface area contributed by atoms with Crippen LogP contribution in [0.3, 0.4) is 0 Å². The molecule has 0 unspecified atom stereocenters. The van der Waals surface area contributed by atoms with Gasteiger partial charge in [0.15, 0.2) is 0 Å². The van der Waals surface area contributed by atoms with Gasteiger partial charge in [0.2, 0.25) is 0 Å². The van der Waals surface area contributed by atoms with Gasteiger partial charge in [-0.15, -0.1) is 11.8 Å². The molecular weight excluding hydrogens is 278 g/mol. The molecule has 110 valence electrons. The fourth-order valence-electron chi connectivity index (χ4n) is 2.65. The second-order valence-electron chi connectivity index (χ2n) is 5.76. The Labute approximate surface area is 130 Å². The van der Waals surface area contributed by atoms with Crippen molar-refractivity contribution in [3.05, 3.63) is 52.6 Å². The Kier molecular flexibility index (Phi) is 4.27. The summed E-state index contributed by atoms with van der Waals surface area (Å²) in [4.78, 5) is 10.9. The van der Waals surface area contributed by atoms with Crippen LogP contribution >= 0.6 is 11.8 Å². The van der Waals surface area contributed by atoms with E-state index in [-0.39, 0.29) is 0 Å². The molecule has 0 bridgehead atoms. The molecule has 1 aromatic carbocycles. The van der Waals surface area contributed by atoms with Gasteiger partial charge in [-0.2, -0.15) is 0 Å². The van der Waals surface area contributed by atoms with Crippen LogP contribution in [0.25, 0.3) is 0 Å².